The van der Waals surface area contributed by atoms with Crippen molar-refractivity contribution in [2.45, 2.75) is 6.92 Å². The third-order valence-electron chi connectivity index (χ3n) is 2.89. The van der Waals surface area contributed by atoms with Crippen molar-refractivity contribution >= 4 is 33.2 Å². The lowest BCUT2D eigenvalue weighted by atomic mass is 10.1. The van der Waals surface area contributed by atoms with Gasteiger partial charge in [-0.2, -0.15) is 0 Å². The maximum Gasteiger partial charge on any atom is 0.257 e. The fourth-order valence-corrected chi connectivity index (χ4v) is 2.30. The van der Waals surface area contributed by atoms with Crippen molar-refractivity contribution < 1.29 is 9.18 Å². The molecule has 0 heterocycles. The van der Waals surface area contributed by atoms with Gasteiger partial charge in [0.2, 0.25) is 0 Å². The van der Waals surface area contributed by atoms with Crippen molar-refractivity contribution in [2.24, 2.45) is 0 Å². The van der Waals surface area contributed by atoms with Gasteiger partial charge in [-0.3, -0.25) is 4.79 Å². The Bertz CT molecular complexity index is 638. The lowest BCUT2D eigenvalue weighted by Gasteiger charge is -2.12. The van der Waals surface area contributed by atoms with E-state index in [0.29, 0.717) is 15.7 Å². The van der Waals surface area contributed by atoms with Gasteiger partial charge in [-0.1, -0.05) is 12.1 Å². The molecule has 0 bridgehead atoms. The highest BCUT2D eigenvalue weighted by Gasteiger charge is 2.14. The van der Waals surface area contributed by atoms with Gasteiger partial charge >= 0.3 is 0 Å². The molecular formula is C15H14BrFN2O. The first-order valence-electron chi connectivity index (χ1n) is 6.06. The molecule has 104 valence electrons. The Balaban J connectivity index is 2.33. The highest BCUT2D eigenvalue weighted by molar-refractivity contribution is 9.10. The highest BCUT2D eigenvalue weighted by atomic mass is 79.9. The Kier molecular flexibility index (Phi) is 4.39. The molecule has 0 saturated carbocycles. The molecule has 0 saturated heterocycles. The highest BCUT2D eigenvalue weighted by Crippen LogP contribution is 2.26. The van der Waals surface area contributed by atoms with Crippen molar-refractivity contribution in [3.63, 3.8) is 0 Å². The molecule has 0 aromatic heterocycles. The maximum absolute atomic E-state index is 13.7. The van der Waals surface area contributed by atoms with Gasteiger partial charge in [0, 0.05) is 17.2 Å². The summed E-state index contributed by atoms with van der Waals surface area (Å²) in [5.41, 5.74) is 2.35. The van der Waals surface area contributed by atoms with E-state index in [2.05, 4.69) is 26.6 Å². The van der Waals surface area contributed by atoms with Gasteiger partial charge in [0.25, 0.3) is 5.91 Å². The van der Waals surface area contributed by atoms with E-state index in [1.54, 1.807) is 25.2 Å². The monoisotopic (exact) mass is 336 g/mol. The number of rotatable bonds is 3. The van der Waals surface area contributed by atoms with Gasteiger partial charge in [-0.05, 0) is 52.7 Å². The summed E-state index contributed by atoms with van der Waals surface area (Å²) < 4.78 is 14.2. The minimum atomic E-state index is -0.481. The Morgan fingerprint density at radius 1 is 1.25 bits per heavy atom. The van der Waals surface area contributed by atoms with Crippen molar-refractivity contribution in [2.75, 3.05) is 17.7 Å². The molecule has 0 aliphatic carbocycles. The third kappa shape index (κ3) is 2.99. The second-order valence-electron chi connectivity index (χ2n) is 4.35. The molecule has 0 fully saturated rings. The predicted octanol–water partition coefficient (Wildman–Crippen LogP) is 4.19. The number of carbonyl (C=O) groups excluding carboxylic acids is 1. The van der Waals surface area contributed by atoms with Crippen LogP contribution < -0.4 is 10.6 Å². The summed E-state index contributed by atoms with van der Waals surface area (Å²) in [5.74, 6) is -0.842. The summed E-state index contributed by atoms with van der Waals surface area (Å²) in [7, 11) is 1.74. The Labute approximate surface area is 125 Å². The first-order valence-corrected chi connectivity index (χ1v) is 6.86. The molecule has 0 unspecified atom stereocenters. The lowest BCUT2D eigenvalue weighted by molar-refractivity contribution is 0.102. The van der Waals surface area contributed by atoms with Crippen molar-refractivity contribution in [1.29, 1.82) is 0 Å². The molecule has 0 aliphatic rings. The average molecular weight is 337 g/mol. The van der Waals surface area contributed by atoms with Crippen LogP contribution in [0, 0.1) is 12.7 Å². The van der Waals surface area contributed by atoms with Gasteiger partial charge in [0.05, 0.1) is 11.3 Å². The molecule has 2 N–H and O–H groups in total. The first kappa shape index (κ1) is 14.5. The first-order chi connectivity index (χ1) is 9.52. The van der Waals surface area contributed by atoms with Crippen LogP contribution in [0.3, 0.4) is 0 Å². The molecule has 5 heteroatoms. The second-order valence-corrected chi connectivity index (χ2v) is 5.20. The number of amides is 1. The van der Waals surface area contributed by atoms with Crippen LogP contribution in [0.1, 0.15) is 15.9 Å². The van der Waals surface area contributed by atoms with Gasteiger partial charge < -0.3 is 10.6 Å². The summed E-state index contributed by atoms with van der Waals surface area (Å²) in [4.78, 5) is 12.3. The minimum Gasteiger partial charge on any atom is -0.387 e. The van der Waals surface area contributed by atoms with E-state index in [1.807, 2.05) is 19.1 Å². The summed E-state index contributed by atoms with van der Waals surface area (Å²) in [6.45, 7) is 1.94. The normalized spacial score (nSPS) is 10.2. The SMILES string of the molecule is CNc1cc(C)ccc1C(=O)Nc1c(F)cccc1Br. The summed E-state index contributed by atoms with van der Waals surface area (Å²) >= 11 is 3.23. The largest absolute Gasteiger partial charge is 0.387 e. The standard InChI is InChI=1S/C15H14BrFN2O/c1-9-6-7-10(13(8-9)18-2)15(20)19-14-11(16)4-3-5-12(14)17/h3-8,18H,1-2H3,(H,19,20). The third-order valence-corrected chi connectivity index (χ3v) is 3.55. The van der Waals surface area contributed by atoms with E-state index in [1.165, 1.54) is 6.07 Å². The van der Waals surface area contributed by atoms with Crippen molar-refractivity contribution in [3.8, 4) is 0 Å². The number of benzene rings is 2. The summed E-state index contributed by atoms with van der Waals surface area (Å²) in [5, 5.41) is 5.55. The van der Waals surface area contributed by atoms with Gasteiger partial charge in [-0.25, -0.2) is 4.39 Å². The van der Waals surface area contributed by atoms with Crippen LogP contribution in [-0.2, 0) is 0 Å². The molecule has 1 amide bonds. The molecule has 0 aliphatic heterocycles. The molecule has 2 aromatic carbocycles. The number of hydrogen-bond donors (Lipinski definition) is 2. The molecule has 2 rings (SSSR count). The Morgan fingerprint density at radius 3 is 2.65 bits per heavy atom. The van der Waals surface area contributed by atoms with E-state index in [9.17, 15) is 9.18 Å². The van der Waals surface area contributed by atoms with Crippen molar-refractivity contribution in [3.05, 3.63) is 57.8 Å². The van der Waals surface area contributed by atoms with Crippen LogP contribution in [0.2, 0.25) is 0 Å². The Hall–Kier alpha value is -1.88. The van der Waals surface area contributed by atoms with E-state index >= 15 is 0 Å². The van der Waals surface area contributed by atoms with Crippen LogP contribution in [-0.4, -0.2) is 13.0 Å². The van der Waals surface area contributed by atoms with Crippen LogP contribution in [0.4, 0.5) is 15.8 Å². The molecule has 0 atom stereocenters. The van der Waals surface area contributed by atoms with E-state index in [-0.39, 0.29) is 11.6 Å². The molecular weight excluding hydrogens is 323 g/mol. The fourth-order valence-electron chi connectivity index (χ4n) is 1.86. The van der Waals surface area contributed by atoms with Gasteiger partial charge in [-0.15, -0.1) is 0 Å². The number of hydrogen-bond acceptors (Lipinski definition) is 2. The molecule has 2 aromatic rings. The van der Waals surface area contributed by atoms with Crippen LogP contribution in [0.15, 0.2) is 40.9 Å². The zero-order valence-corrected chi connectivity index (χ0v) is 12.7. The van der Waals surface area contributed by atoms with Crippen LogP contribution in [0.25, 0.3) is 0 Å². The average Bonchev–Trinajstić information content (AvgIpc) is 2.42. The smallest absolute Gasteiger partial charge is 0.257 e. The number of carbonyl (C=O) groups is 1. The van der Waals surface area contributed by atoms with Crippen LogP contribution in [0.5, 0.6) is 0 Å². The molecule has 20 heavy (non-hydrogen) atoms. The lowest BCUT2D eigenvalue weighted by Crippen LogP contribution is -2.15. The van der Waals surface area contributed by atoms with Crippen molar-refractivity contribution in [1.82, 2.24) is 0 Å². The van der Waals surface area contributed by atoms with Crippen LogP contribution >= 0.6 is 15.9 Å². The topological polar surface area (TPSA) is 41.1 Å². The number of halogens is 2. The number of nitrogens with one attached hydrogen (secondary N) is 2. The molecule has 3 nitrogen and oxygen atoms in total. The van der Waals surface area contributed by atoms with E-state index in [4.69, 9.17) is 0 Å². The quantitative estimate of drug-likeness (QED) is 0.882. The van der Waals surface area contributed by atoms with Gasteiger partial charge in [0.1, 0.15) is 5.82 Å². The number of para-hydroxylation sites is 1. The second kappa shape index (κ2) is 6.05. The zero-order valence-electron chi connectivity index (χ0n) is 11.1. The number of anilines is 2. The number of aryl methyl sites for hydroxylation is 1. The van der Waals surface area contributed by atoms with E-state index in [0.717, 1.165) is 5.56 Å². The Morgan fingerprint density at radius 2 is 2.00 bits per heavy atom. The summed E-state index contributed by atoms with van der Waals surface area (Å²) in [6.07, 6.45) is 0. The van der Waals surface area contributed by atoms with E-state index < -0.39 is 5.82 Å². The zero-order chi connectivity index (χ0) is 14.7. The van der Waals surface area contributed by atoms with Gasteiger partial charge in [0.15, 0.2) is 0 Å². The predicted molar refractivity (Wildman–Crippen MR) is 82.8 cm³/mol. The molecule has 0 radical (unpaired) electrons. The minimum absolute atomic E-state index is 0.139. The molecule has 0 spiro atoms. The summed E-state index contributed by atoms with van der Waals surface area (Å²) in [6, 6.07) is 9.96. The fraction of sp³-hybridized carbons (Fsp3) is 0.133. The maximum atomic E-state index is 13.7.